The molecular formula is C21H23N9OS2. The van der Waals surface area contributed by atoms with Crippen molar-refractivity contribution in [2.75, 3.05) is 10.6 Å². The highest BCUT2D eigenvalue weighted by Crippen LogP contribution is 2.41. The first-order valence-corrected chi connectivity index (χ1v) is 12.4. The first kappa shape index (κ1) is 21.6. The SMILES string of the molecule is Cn1ccc(Nc2nnc(C3CCC(Cc4nnc(NC(=O)Cc5ccccn5)s4)C3)s2)n1. The number of hydrogen-bond acceptors (Lipinski definition) is 10. The molecule has 0 aliphatic heterocycles. The van der Waals surface area contributed by atoms with Crippen molar-refractivity contribution in [1.82, 2.24) is 35.2 Å². The van der Waals surface area contributed by atoms with Gasteiger partial charge < -0.3 is 10.6 Å². The van der Waals surface area contributed by atoms with E-state index in [2.05, 4.69) is 41.1 Å². The highest BCUT2D eigenvalue weighted by atomic mass is 32.1. The summed E-state index contributed by atoms with van der Waals surface area (Å²) in [6.45, 7) is 0. The van der Waals surface area contributed by atoms with E-state index in [4.69, 9.17) is 0 Å². The van der Waals surface area contributed by atoms with Crippen LogP contribution in [0.1, 0.15) is 40.9 Å². The van der Waals surface area contributed by atoms with Crippen molar-refractivity contribution in [1.29, 1.82) is 0 Å². The second-order valence-electron chi connectivity index (χ2n) is 8.07. The summed E-state index contributed by atoms with van der Waals surface area (Å²) in [6, 6.07) is 7.43. The van der Waals surface area contributed by atoms with Crippen LogP contribution < -0.4 is 10.6 Å². The lowest BCUT2D eigenvalue weighted by Gasteiger charge is -2.06. The smallest absolute Gasteiger partial charge is 0.232 e. The number of hydrogen-bond donors (Lipinski definition) is 2. The van der Waals surface area contributed by atoms with Crippen LogP contribution in [0.4, 0.5) is 16.1 Å². The number of aromatic nitrogens is 7. The molecule has 4 heterocycles. The van der Waals surface area contributed by atoms with Crippen LogP contribution >= 0.6 is 22.7 Å². The van der Waals surface area contributed by atoms with Gasteiger partial charge in [-0.1, -0.05) is 28.7 Å². The van der Waals surface area contributed by atoms with Gasteiger partial charge in [0.1, 0.15) is 10.0 Å². The van der Waals surface area contributed by atoms with Gasteiger partial charge in [-0.05, 0) is 37.3 Å². The summed E-state index contributed by atoms with van der Waals surface area (Å²) in [5, 5.41) is 30.8. The zero-order chi connectivity index (χ0) is 22.6. The van der Waals surface area contributed by atoms with Crippen LogP contribution in [0.3, 0.4) is 0 Å². The van der Waals surface area contributed by atoms with Gasteiger partial charge in [0.15, 0.2) is 5.82 Å². The molecule has 2 N–H and O–H groups in total. The fraction of sp³-hybridized carbons (Fsp3) is 0.381. The van der Waals surface area contributed by atoms with Gasteiger partial charge in [0.25, 0.3) is 0 Å². The maximum atomic E-state index is 12.2. The normalized spacial score (nSPS) is 17.8. The van der Waals surface area contributed by atoms with Gasteiger partial charge in [0.2, 0.25) is 16.2 Å². The Morgan fingerprint density at radius 3 is 2.85 bits per heavy atom. The van der Waals surface area contributed by atoms with Gasteiger partial charge in [-0.3, -0.25) is 14.5 Å². The number of carbonyl (C=O) groups is 1. The first-order chi connectivity index (χ1) is 16.1. The molecular weight excluding hydrogens is 458 g/mol. The van der Waals surface area contributed by atoms with Gasteiger partial charge >= 0.3 is 0 Å². The Balaban J connectivity index is 1.11. The second kappa shape index (κ2) is 9.71. The number of nitrogens with zero attached hydrogens (tertiary/aromatic N) is 7. The van der Waals surface area contributed by atoms with Gasteiger partial charge in [0, 0.05) is 43.5 Å². The lowest BCUT2D eigenvalue weighted by atomic mass is 10.0. The maximum Gasteiger partial charge on any atom is 0.232 e. The van der Waals surface area contributed by atoms with Crippen molar-refractivity contribution in [2.24, 2.45) is 13.0 Å². The molecule has 0 spiro atoms. The molecule has 2 atom stereocenters. The van der Waals surface area contributed by atoms with E-state index in [0.29, 0.717) is 17.0 Å². The summed E-state index contributed by atoms with van der Waals surface area (Å²) in [7, 11) is 1.88. The van der Waals surface area contributed by atoms with Crippen LogP contribution in [0.5, 0.6) is 0 Å². The van der Waals surface area contributed by atoms with E-state index in [1.165, 1.54) is 11.3 Å². The van der Waals surface area contributed by atoms with E-state index in [1.54, 1.807) is 22.2 Å². The number of amides is 1. The Labute approximate surface area is 198 Å². The molecule has 1 fully saturated rings. The van der Waals surface area contributed by atoms with Gasteiger partial charge in [-0.25, -0.2) is 0 Å². The summed E-state index contributed by atoms with van der Waals surface area (Å²) in [5.41, 5.74) is 0.729. The highest BCUT2D eigenvalue weighted by Gasteiger charge is 2.29. The number of rotatable bonds is 8. The fourth-order valence-electron chi connectivity index (χ4n) is 3.99. The van der Waals surface area contributed by atoms with E-state index >= 15 is 0 Å². The molecule has 1 aliphatic carbocycles. The molecule has 4 aromatic heterocycles. The molecule has 33 heavy (non-hydrogen) atoms. The Morgan fingerprint density at radius 2 is 2.03 bits per heavy atom. The molecule has 170 valence electrons. The summed E-state index contributed by atoms with van der Waals surface area (Å²) in [5.74, 6) is 1.57. The third-order valence-corrected chi connectivity index (χ3v) is 7.39. The molecule has 0 saturated heterocycles. The second-order valence-corrected chi connectivity index (χ2v) is 10.1. The molecule has 0 aromatic carbocycles. The third-order valence-electron chi connectivity index (χ3n) is 5.52. The summed E-state index contributed by atoms with van der Waals surface area (Å²) >= 11 is 3.04. The first-order valence-electron chi connectivity index (χ1n) is 10.7. The van der Waals surface area contributed by atoms with Crippen LogP contribution in [-0.2, 0) is 24.7 Å². The predicted molar refractivity (Wildman–Crippen MR) is 127 cm³/mol. The summed E-state index contributed by atoms with van der Waals surface area (Å²) in [6.07, 6.45) is 7.92. The van der Waals surface area contributed by atoms with Gasteiger partial charge in [-0.2, -0.15) is 5.10 Å². The zero-order valence-corrected chi connectivity index (χ0v) is 19.6. The van der Waals surface area contributed by atoms with E-state index in [0.717, 1.165) is 52.3 Å². The Bertz CT molecular complexity index is 1220. The lowest BCUT2D eigenvalue weighted by molar-refractivity contribution is -0.115. The molecule has 0 bridgehead atoms. The lowest BCUT2D eigenvalue weighted by Crippen LogP contribution is -2.14. The van der Waals surface area contributed by atoms with E-state index in [9.17, 15) is 4.79 Å². The topological polar surface area (TPSA) is 123 Å². The number of carbonyl (C=O) groups excluding carboxylic acids is 1. The van der Waals surface area contributed by atoms with E-state index < -0.39 is 0 Å². The van der Waals surface area contributed by atoms with Crippen LogP contribution in [0.15, 0.2) is 36.7 Å². The summed E-state index contributed by atoms with van der Waals surface area (Å²) in [4.78, 5) is 16.4. The van der Waals surface area contributed by atoms with Crippen molar-refractivity contribution < 1.29 is 4.79 Å². The highest BCUT2D eigenvalue weighted by molar-refractivity contribution is 7.15. The molecule has 1 saturated carbocycles. The Kier molecular flexibility index (Phi) is 6.35. The number of pyridine rings is 1. The Hall–Kier alpha value is -3.25. The van der Waals surface area contributed by atoms with Crippen LogP contribution in [0, 0.1) is 5.92 Å². The average Bonchev–Trinajstić information content (AvgIpc) is 3.59. The van der Waals surface area contributed by atoms with Gasteiger partial charge in [-0.15, -0.1) is 20.4 Å². The van der Waals surface area contributed by atoms with E-state index in [-0.39, 0.29) is 12.3 Å². The monoisotopic (exact) mass is 481 g/mol. The average molecular weight is 482 g/mol. The zero-order valence-electron chi connectivity index (χ0n) is 18.0. The molecule has 2 unspecified atom stereocenters. The minimum Gasteiger partial charge on any atom is -0.313 e. The molecule has 10 nitrogen and oxygen atoms in total. The number of anilines is 3. The predicted octanol–water partition coefficient (Wildman–Crippen LogP) is 3.57. The minimum atomic E-state index is -0.135. The van der Waals surface area contributed by atoms with Crippen LogP contribution in [0.25, 0.3) is 0 Å². The van der Waals surface area contributed by atoms with Crippen LogP contribution in [-0.4, -0.2) is 41.1 Å². The summed E-state index contributed by atoms with van der Waals surface area (Å²) < 4.78 is 1.75. The van der Waals surface area contributed by atoms with Crippen molar-refractivity contribution in [3.05, 3.63) is 52.4 Å². The Morgan fingerprint density at radius 1 is 1.12 bits per heavy atom. The minimum absolute atomic E-state index is 0.135. The number of nitrogens with one attached hydrogen (secondary N) is 2. The molecule has 12 heteroatoms. The van der Waals surface area contributed by atoms with Gasteiger partial charge in [0.05, 0.1) is 6.42 Å². The molecule has 1 aliphatic rings. The quantitative estimate of drug-likeness (QED) is 0.391. The molecule has 4 aromatic rings. The van der Waals surface area contributed by atoms with E-state index in [1.807, 2.05) is 37.5 Å². The van der Waals surface area contributed by atoms with Crippen LogP contribution in [0.2, 0.25) is 0 Å². The van der Waals surface area contributed by atoms with Crippen molar-refractivity contribution in [3.8, 4) is 0 Å². The number of aryl methyl sites for hydroxylation is 1. The van der Waals surface area contributed by atoms with Crippen molar-refractivity contribution >= 4 is 44.7 Å². The molecule has 1 amide bonds. The fourth-order valence-corrected chi connectivity index (χ4v) is 5.76. The standard InChI is InChI=1S/C21H23N9OS2/c1-30-9-7-16(29-30)23-20-28-26-19(33-20)14-6-5-13(10-14)11-18-25-27-21(32-18)24-17(31)12-15-4-2-3-8-22-15/h2-4,7-9,13-14H,5-6,10-12H2,1H3,(H,23,28,29)(H,24,27,31). The largest absolute Gasteiger partial charge is 0.313 e. The van der Waals surface area contributed by atoms with Crippen molar-refractivity contribution in [2.45, 2.75) is 38.0 Å². The molecule has 5 rings (SSSR count). The maximum absolute atomic E-state index is 12.2. The third kappa shape index (κ3) is 5.57. The molecule has 0 radical (unpaired) electrons. The van der Waals surface area contributed by atoms with Crippen molar-refractivity contribution in [3.63, 3.8) is 0 Å².